The minimum Gasteiger partial charge on any atom is -0.219 e. The highest BCUT2D eigenvalue weighted by atomic mass is 79.9. The zero-order valence-electron chi connectivity index (χ0n) is 8.48. The van der Waals surface area contributed by atoms with Gasteiger partial charge in [0.1, 0.15) is 11.6 Å². The highest BCUT2D eigenvalue weighted by Gasteiger charge is 2.06. The van der Waals surface area contributed by atoms with E-state index >= 15 is 0 Å². The van der Waals surface area contributed by atoms with Crippen LogP contribution in [0.25, 0.3) is 5.95 Å². The monoisotopic (exact) mass is 267 g/mol. The number of aryl methyl sites for hydroxylation is 2. The van der Waals surface area contributed by atoms with Gasteiger partial charge in [-0.3, -0.25) is 0 Å². The maximum absolute atomic E-state index is 4.21. The Hall–Kier alpha value is -1.30. The molecule has 0 saturated heterocycles. The summed E-state index contributed by atoms with van der Waals surface area (Å²) in [4.78, 5) is 12.6. The lowest BCUT2D eigenvalue weighted by molar-refractivity contribution is 0.769. The molecule has 2 aromatic heterocycles. The molecule has 0 saturated carbocycles. The number of halogens is 1. The molecule has 2 heterocycles. The molecule has 0 spiro atoms. The van der Waals surface area contributed by atoms with Gasteiger partial charge in [-0.15, -0.1) is 5.10 Å². The number of alkyl halides is 1. The summed E-state index contributed by atoms with van der Waals surface area (Å²) in [5.74, 6) is 2.07. The number of hydrogen-bond donors (Lipinski definition) is 0. The van der Waals surface area contributed by atoms with E-state index in [0.29, 0.717) is 5.95 Å². The van der Waals surface area contributed by atoms with Crippen molar-refractivity contribution in [3.05, 3.63) is 29.6 Å². The second kappa shape index (κ2) is 4.06. The first-order valence-corrected chi connectivity index (χ1v) is 5.60. The molecule has 6 heteroatoms. The average molecular weight is 268 g/mol. The van der Waals surface area contributed by atoms with Gasteiger partial charge >= 0.3 is 0 Å². The van der Waals surface area contributed by atoms with Gasteiger partial charge in [0, 0.05) is 17.7 Å². The maximum Gasteiger partial charge on any atom is 0.252 e. The SMILES string of the molecule is Cc1nc(C)n(-c2ncc(CBr)cn2)n1. The Balaban J connectivity index is 2.41. The van der Waals surface area contributed by atoms with E-state index in [0.717, 1.165) is 22.5 Å². The highest BCUT2D eigenvalue weighted by molar-refractivity contribution is 9.08. The van der Waals surface area contributed by atoms with Crippen molar-refractivity contribution >= 4 is 15.9 Å². The molecule has 0 bridgehead atoms. The van der Waals surface area contributed by atoms with Crippen LogP contribution in [-0.4, -0.2) is 24.7 Å². The van der Waals surface area contributed by atoms with Crippen LogP contribution in [0.4, 0.5) is 0 Å². The summed E-state index contributed by atoms with van der Waals surface area (Å²) >= 11 is 3.34. The van der Waals surface area contributed by atoms with Crippen molar-refractivity contribution in [3.8, 4) is 5.95 Å². The standard InChI is InChI=1S/C9H10BrN5/c1-6-13-7(2)15(14-6)9-11-4-8(3-10)5-12-9/h4-5H,3H2,1-2H3. The number of rotatable bonds is 2. The first-order chi connectivity index (χ1) is 7.20. The normalized spacial score (nSPS) is 10.6. The molecule has 0 aliphatic carbocycles. The molecular weight excluding hydrogens is 258 g/mol. The second-order valence-electron chi connectivity index (χ2n) is 3.14. The van der Waals surface area contributed by atoms with Crippen LogP contribution in [0.1, 0.15) is 17.2 Å². The van der Waals surface area contributed by atoms with E-state index in [1.807, 2.05) is 13.8 Å². The average Bonchev–Trinajstić information content (AvgIpc) is 2.58. The number of hydrogen-bond acceptors (Lipinski definition) is 4. The minimum atomic E-state index is 0.554. The fraction of sp³-hybridized carbons (Fsp3) is 0.333. The van der Waals surface area contributed by atoms with E-state index in [1.165, 1.54) is 0 Å². The van der Waals surface area contributed by atoms with Gasteiger partial charge in [-0.1, -0.05) is 15.9 Å². The quantitative estimate of drug-likeness (QED) is 0.776. The summed E-state index contributed by atoms with van der Waals surface area (Å²) in [5, 5.41) is 4.96. The fourth-order valence-corrected chi connectivity index (χ4v) is 1.53. The first kappa shape index (κ1) is 10.2. The number of nitrogens with zero attached hydrogens (tertiary/aromatic N) is 5. The molecule has 0 aromatic carbocycles. The summed E-state index contributed by atoms with van der Waals surface area (Å²) in [7, 11) is 0. The van der Waals surface area contributed by atoms with Gasteiger partial charge < -0.3 is 0 Å². The van der Waals surface area contributed by atoms with Gasteiger partial charge in [-0.25, -0.2) is 15.0 Å². The zero-order chi connectivity index (χ0) is 10.8. The van der Waals surface area contributed by atoms with Crippen molar-refractivity contribution in [2.45, 2.75) is 19.2 Å². The molecule has 0 radical (unpaired) electrons. The van der Waals surface area contributed by atoms with Gasteiger partial charge in [0.25, 0.3) is 5.95 Å². The van der Waals surface area contributed by atoms with E-state index in [9.17, 15) is 0 Å². The van der Waals surface area contributed by atoms with Gasteiger partial charge in [0.2, 0.25) is 0 Å². The summed E-state index contributed by atoms with van der Waals surface area (Å²) in [5.41, 5.74) is 1.04. The van der Waals surface area contributed by atoms with Crippen molar-refractivity contribution in [1.29, 1.82) is 0 Å². The van der Waals surface area contributed by atoms with E-state index in [4.69, 9.17) is 0 Å². The van der Waals surface area contributed by atoms with Crippen molar-refractivity contribution in [3.63, 3.8) is 0 Å². The van der Waals surface area contributed by atoms with Crippen LogP contribution in [0.2, 0.25) is 0 Å². The Morgan fingerprint density at radius 1 is 1.27 bits per heavy atom. The van der Waals surface area contributed by atoms with E-state index in [1.54, 1.807) is 17.1 Å². The van der Waals surface area contributed by atoms with Gasteiger partial charge in [-0.2, -0.15) is 4.68 Å². The van der Waals surface area contributed by atoms with Crippen LogP contribution in [-0.2, 0) is 5.33 Å². The topological polar surface area (TPSA) is 56.5 Å². The van der Waals surface area contributed by atoms with Crippen molar-refractivity contribution in [2.24, 2.45) is 0 Å². The smallest absolute Gasteiger partial charge is 0.219 e. The molecule has 0 atom stereocenters. The number of aromatic nitrogens is 5. The van der Waals surface area contributed by atoms with Gasteiger partial charge in [0.05, 0.1) is 0 Å². The van der Waals surface area contributed by atoms with Crippen LogP contribution in [0.3, 0.4) is 0 Å². The molecule has 0 N–H and O–H groups in total. The molecule has 0 amide bonds. The third kappa shape index (κ3) is 2.04. The molecule has 78 valence electrons. The molecule has 5 nitrogen and oxygen atoms in total. The summed E-state index contributed by atoms with van der Waals surface area (Å²) in [6.45, 7) is 3.72. The first-order valence-electron chi connectivity index (χ1n) is 4.48. The molecule has 0 fully saturated rings. The van der Waals surface area contributed by atoms with E-state index in [-0.39, 0.29) is 0 Å². The lowest BCUT2D eigenvalue weighted by Crippen LogP contribution is -2.05. The Bertz CT molecular complexity index is 462. The minimum absolute atomic E-state index is 0.554. The molecule has 0 aliphatic heterocycles. The highest BCUT2D eigenvalue weighted by Crippen LogP contribution is 2.06. The third-order valence-corrected chi connectivity index (χ3v) is 2.56. The summed E-state index contributed by atoms with van der Waals surface area (Å²) in [6.07, 6.45) is 3.54. The Kier molecular flexibility index (Phi) is 2.77. The third-order valence-electron chi connectivity index (χ3n) is 1.91. The van der Waals surface area contributed by atoms with Crippen molar-refractivity contribution < 1.29 is 0 Å². The van der Waals surface area contributed by atoms with Crippen molar-refractivity contribution in [1.82, 2.24) is 24.7 Å². The van der Waals surface area contributed by atoms with Crippen molar-refractivity contribution in [2.75, 3.05) is 0 Å². The lowest BCUT2D eigenvalue weighted by atomic mass is 10.4. The van der Waals surface area contributed by atoms with Crippen LogP contribution in [0.5, 0.6) is 0 Å². The van der Waals surface area contributed by atoms with Crippen LogP contribution >= 0.6 is 15.9 Å². The predicted octanol–water partition coefficient (Wildman–Crippen LogP) is 1.57. The van der Waals surface area contributed by atoms with E-state index in [2.05, 4.69) is 36.0 Å². The predicted molar refractivity (Wildman–Crippen MR) is 59.1 cm³/mol. The van der Waals surface area contributed by atoms with E-state index < -0.39 is 0 Å². The maximum atomic E-state index is 4.21. The molecule has 0 unspecified atom stereocenters. The second-order valence-corrected chi connectivity index (χ2v) is 3.70. The largest absolute Gasteiger partial charge is 0.252 e. The molecule has 2 rings (SSSR count). The zero-order valence-corrected chi connectivity index (χ0v) is 10.1. The fourth-order valence-electron chi connectivity index (χ4n) is 1.24. The van der Waals surface area contributed by atoms with Gasteiger partial charge in [0.15, 0.2) is 0 Å². The van der Waals surface area contributed by atoms with Crippen LogP contribution in [0.15, 0.2) is 12.4 Å². The summed E-state index contributed by atoms with van der Waals surface area (Å²) < 4.78 is 1.63. The van der Waals surface area contributed by atoms with Crippen LogP contribution < -0.4 is 0 Å². The Labute approximate surface area is 95.7 Å². The van der Waals surface area contributed by atoms with Crippen LogP contribution in [0, 0.1) is 13.8 Å². The van der Waals surface area contributed by atoms with Gasteiger partial charge in [-0.05, 0) is 19.4 Å². The Morgan fingerprint density at radius 2 is 1.93 bits per heavy atom. The Morgan fingerprint density at radius 3 is 2.40 bits per heavy atom. The summed E-state index contributed by atoms with van der Waals surface area (Å²) in [6, 6.07) is 0. The molecule has 0 aliphatic rings. The molecular formula is C9H10BrN5. The molecule has 2 aromatic rings. The molecule has 15 heavy (non-hydrogen) atoms. The lowest BCUT2D eigenvalue weighted by Gasteiger charge is -2.00.